The zero-order valence-corrected chi connectivity index (χ0v) is 10.2. The molecule has 0 radical (unpaired) electrons. The van der Waals surface area contributed by atoms with Crippen LogP contribution in [-0.4, -0.2) is 18.0 Å². The molecule has 0 unspecified atom stereocenters. The molecule has 0 spiro atoms. The zero-order chi connectivity index (χ0) is 12.2. The Kier molecular flexibility index (Phi) is 3.93. The van der Waals surface area contributed by atoms with Crippen LogP contribution >= 0.6 is 0 Å². The predicted octanol–water partition coefficient (Wildman–Crippen LogP) is 1.31. The van der Waals surface area contributed by atoms with Gasteiger partial charge in [0.2, 0.25) is 5.91 Å². The summed E-state index contributed by atoms with van der Waals surface area (Å²) >= 11 is 0. The molecule has 1 rings (SSSR count). The smallest absolute Gasteiger partial charge is 0.240 e. The summed E-state index contributed by atoms with van der Waals surface area (Å²) in [7, 11) is 0. The van der Waals surface area contributed by atoms with Gasteiger partial charge in [0, 0.05) is 6.54 Å². The molecule has 1 aliphatic carbocycles. The first-order valence-electron chi connectivity index (χ1n) is 5.88. The summed E-state index contributed by atoms with van der Waals surface area (Å²) in [6.45, 7) is 3.97. The van der Waals surface area contributed by atoms with Gasteiger partial charge in [-0.05, 0) is 26.7 Å². The lowest BCUT2D eigenvalue weighted by Gasteiger charge is -2.32. The van der Waals surface area contributed by atoms with Gasteiger partial charge in [0.05, 0.1) is 17.0 Å². The molecule has 0 aromatic rings. The number of amides is 1. The predicted molar refractivity (Wildman–Crippen MR) is 62.4 cm³/mol. The average molecular weight is 223 g/mol. The number of hydrogen-bond donors (Lipinski definition) is 2. The summed E-state index contributed by atoms with van der Waals surface area (Å²) in [6, 6.07) is 2.16. The molecule has 0 heterocycles. The van der Waals surface area contributed by atoms with Crippen molar-refractivity contribution in [2.45, 2.75) is 51.5 Å². The minimum atomic E-state index is -0.705. The van der Waals surface area contributed by atoms with Gasteiger partial charge in [-0.3, -0.25) is 4.79 Å². The Morgan fingerprint density at radius 3 is 2.50 bits per heavy atom. The first-order valence-corrected chi connectivity index (χ1v) is 5.88. The number of hydrogen-bond acceptors (Lipinski definition) is 3. The van der Waals surface area contributed by atoms with E-state index < -0.39 is 11.0 Å². The van der Waals surface area contributed by atoms with Crippen molar-refractivity contribution in [3.05, 3.63) is 0 Å². The van der Waals surface area contributed by atoms with Gasteiger partial charge in [0.15, 0.2) is 0 Å². The van der Waals surface area contributed by atoms with E-state index in [0.29, 0.717) is 6.54 Å². The van der Waals surface area contributed by atoms with Crippen LogP contribution in [-0.2, 0) is 4.79 Å². The van der Waals surface area contributed by atoms with Crippen LogP contribution in [0.2, 0.25) is 0 Å². The fourth-order valence-corrected chi connectivity index (χ4v) is 1.93. The lowest BCUT2D eigenvalue weighted by molar-refractivity contribution is -0.127. The number of nitriles is 1. The van der Waals surface area contributed by atoms with Crippen LogP contribution in [0, 0.1) is 16.7 Å². The third-order valence-electron chi connectivity index (χ3n) is 3.19. The Labute approximate surface area is 97.2 Å². The Morgan fingerprint density at radius 1 is 1.44 bits per heavy atom. The fraction of sp³-hybridized carbons (Fsp3) is 0.833. The van der Waals surface area contributed by atoms with Crippen molar-refractivity contribution in [3.8, 4) is 6.07 Å². The molecular weight excluding hydrogens is 202 g/mol. The van der Waals surface area contributed by atoms with E-state index in [-0.39, 0.29) is 5.91 Å². The standard InChI is InChI=1S/C12H21N3O/c1-11(2,8-13)9-15-10(16)12(14)6-4-3-5-7-12/h3-7,9,14H2,1-2H3,(H,15,16). The third-order valence-corrected chi connectivity index (χ3v) is 3.19. The first-order chi connectivity index (χ1) is 7.40. The molecule has 0 bridgehead atoms. The molecule has 4 nitrogen and oxygen atoms in total. The summed E-state index contributed by atoms with van der Waals surface area (Å²) in [5.74, 6) is -0.101. The topological polar surface area (TPSA) is 78.9 Å². The first kappa shape index (κ1) is 13.0. The van der Waals surface area contributed by atoms with Gasteiger partial charge in [-0.25, -0.2) is 0 Å². The van der Waals surface area contributed by atoms with Crippen molar-refractivity contribution in [2.24, 2.45) is 11.1 Å². The van der Waals surface area contributed by atoms with E-state index in [1.807, 2.05) is 0 Å². The van der Waals surface area contributed by atoms with Gasteiger partial charge in [-0.2, -0.15) is 5.26 Å². The fourth-order valence-electron chi connectivity index (χ4n) is 1.93. The van der Waals surface area contributed by atoms with E-state index in [4.69, 9.17) is 11.0 Å². The van der Waals surface area contributed by atoms with Crippen LogP contribution in [0.5, 0.6) is 0 Å². The molecule has 4 heteroatoms. The maximum absolute atomic E-state index is 11.9. The van der Waals surface area contributed by atoms with Crippen molar-refractivity contribution in [1.82, 2.24) is 5.32 Å². The maximum atomic E-state index is 11.9. The normalized spacial score (nSPS) is 19.9. The second-order valence-electron chi connectivity index (χ2n) is 5.40. The van der Waals surface area contributed by atoms with Crippen LogP contribution in [0.25, 0.3) is 0 Å². The summed E-state index contributed by atoms with van der Waals surface area (Å²) in [5.41, 5.74) is 4.85. The highest BCUT2D eigenvalue weighted by atomic mass is 16.2. The van der Waals surface area contributed by atoms with Crippen LogP contribution in [0.3, 0.4) is 0 Å². The summed E-state index contributed by atoms with van der Waals surface area (Å²) in [6.07, 6.45) is 4.71. The second-order valence-corrected chi connectivity index (χ2v) is 5.40. The molecule has 1 amide bonds. The minimum Gasteiger partial charge on any atom is -0.353 e. The van der Waals surface area contributed by atoms with Crippen LogP contribution in [0.1, 0.15) is 46.0 Å². The number of rotatable bonds is 3. The largest absolute Gasteiger partial charge is 0.353 e. The number of nitrogens with two attached hydrogens (primary N) is 1. The van der Waals surface area contributed by atoms with Gasteiger partial charge in [-0.1, -0.05) is 19.3 Å². The zero-order valence-electron chi connectivity index (χ0n) is 10.2. The molecule has 0 aromatic heterocycles. The minimum absolute atomic E-state index is 0.101. The van der Waals surface area contributed by atoms with Crippen molar-refractivity contribution in [3.63, 3.8) is 0 Å². The molecule has 1 aliphatic rings. The SMILES string of the molecule is CC(C)(C#N)CNC(=O)C1(N)CCCCC1. The maximum Gasteiger partial charge on any atom is 0.240 e. The highest BCUT2D eigenvalue weighted by Crippen LogP contribution is 2.26. The van der Waals surface area contributed by atoms with Crippen molar-refractivity contribution < 1.29 is 4.79 Å². The van der Waals surface area contributed by atoms with Gasteiger partial charge in [-0.15, -0.1) is 0 Å². The number of nitrogens with one attached hydrogen (secondary N) is 1. The Hall–Kier alpha value is -1.08. The molecule has 1 saturated carbocycles. The quantitative estimate of drug-likeness (QED) is 0.757. The van der Waals surface area contributed by atoms with Crippen LogP contribution in [0.4, 0.5) is 0 Å². The molecule has 16 heavy (non-hydrogen) atoms. The molecule has 0 atom stereocenters. The molecule has 0 saturated heterocycles. The molecule has 3 N–H and O–H groups in total. The number of nitrogens with zero attached hydrogens (tertiary/aromatic N) is 1. The van der Waals surface area contributed by atoms with E-state index in [1.165, 1.54) is 0 Å². The second kappa shape index (κ2) is 4.84. The van der Waals surface area contributed by atoms with Crippen molar-refractivity contribution in [1.29, 1.82) is 5.26 Å². The number of carbonyl (C=O) groups is 1. The lowest BCUT2D eigenvalue weighted by atomic mass is 9.81. The Balaban J connectivity index is 2.49. The highest BCUT2D eigenvalue weighted by molar-refractivity contribution is 5.86. The Bertz CT molecular complexity index is 298. The third kappa shape index (κ3) is 3.21. The van der Waals surface area contributed by atoms with Crippen LogP contribution in [0.15, 0.2) is 0 Å². The van der Waals surface area contributed by atoms with E-state index in [0.717, 1.165) is 32.1 Å². The van der Waals surface area contributed by atoms with Crippen LogP contribution < -0.4 is 11.1 Å². The molecule has 90 valence electrons. The molecule has 1 fully saturated rings. The lowest BCUT2D eigenvalue weighted by Crippen LogP contribution is -2.56. The van der Waals surface area contributed by atoms with Gasteiger partial charge >= 0.3 is 0 Å². The highest BCUT2D eigenvalue weighted by Gasteiger charge is 2.35. The molecule has 0 aliphatic heterocycles. The van der Waals surface area contributed by atoms with E-state index in [9.17, 15) is 4.79 Å². The van der Waals surface area contributed by atoms with Gasteiger partial charge < -0.3 is 11.1 Å². The van der Waals surface area contributed by atoms with Crippen molar-refractivity contribution >= 4 is 5.91 Å². The van der Waals surface area contributed by atoms with Gasteiger partial charge in [0.25, 0.3) is 0 Å². The summed E-state index contributed by atoms with van der Waals surface area (Å²) in [4.78, 5) is 11.9. The van der Waals surface area contributed by atoms with E-state index in [1.54, 1.807) is 13.8 Å². The van der Waals surface area contributed by atoms with E-state index >= 15 is 0 Å². The monoisotopic (exact) mass is 223 g/mol. The average Bonchev–Trinajstić information content (AvgIpc) is 2.27. The molecule has 0 aromatic carbocycles. The van der Waals surface area contributed by atoms with Crippen molar-refractivity contribution in [2.75, 3.05) is 6.54 Å². The van der Waals surface area contributed by atoms with E-state index in [2.05, 4.69) is 11.4 Å². The number of carbonyl (C=O) groups excluding carboxylic acids is 1. The Morgan fingerprint density at radius 2 is 2.00 bits per heavy atom. The molecular formula is C12H21N3O. The van der Waals surface area contributed by atoms with Gasteiger partial charge in [0.1, 0.15) is 0 Å². The summed E-state index contributed by atoms with van der Waals surface area (Å²) in [5, 5.41) is 11.6. The summed E-state index contributed by atoms with van der Waals surface area (Å²) < 4.78 is 0.